The Hall–Kier alpha value is -1.73. The van der Waals surface area contributed by atoms with Gasteiger partial charge in [0.05, 0.1) is 22.7 Å². The van der Waals surface area contributed by atoms with Gasteiger partial charge in [0.1, 0.15) is 6.07 Å². The molecule has 0 saturated heterocycles. The first-order valence-corrected chi connectivity index (χ1v) is 6.63. The summed E-state index contributed by atoms with van der Waals surface area (Å²) in [6.45, 7) is 0. The number of nitrogens with one attached hydrogen (secondary N) is 1. The van der Waals surface area contributed by atoms with Crippen molar-refractivity contribution in [1.29, 1.82) is 5.26 Å². The van der Waals surface area contributed by atoms with E-state index in [-0.39, 0.29) is 6.42 Å². The highest BCUT2D eigenvalue weighted by atomic mass is 35.5. The highest BCUT2D eigenvalue weighted by Crippen LogP contribution is 2.37. The van der Waals surface area contributed by atoms with Gasteiger partial charge in [0.2, 0.25) is 0 Å². The number of nitriles is 1. The Kier molecular flexibility index (Phi) is 3.96. The average Bonchev–Trinajstić information content (AvgIpc) is 2.76. The normalized spacial score (nSPS) is 16.8. The lowest BCUT2D eigenvalue weighted by molar-refractivity contribution is -0.138. The van der Waals surface area contributed by atoms with E-state index >= 15 is 0 Å². The minimum Gasteiger partial charge on any atom is -0.481 e. The van der Waals surface area contributed by atoms with Crippen LogP contribution in [0.3, 0.4) is 0 Å². The van der Waals surface area contributed by atoms with Gasteiger partial charge in [0.25, 0.3) is 0 Å². The molecule has 4 nitrogen and oxygen atoms in total. The molecule has 2 N–H and O–H groups in total. The highest BCUT2D eigenvalue weighted by molar-refractivity contribution is 6.32. The number of hydrogen-bond acceptors (Lipinski definition) is 3. The lowest BCUT2D eigenvalue weighted by Crippen LogP contribution is -2.37. The Labute approximate surface area is 117 Å². The fourth-order valence-electron chi connectivity index (χ4n) is 2.71. The maximum atomic E-state index is 11.0. The molecule has 1 saturated carbocycles. The molecule has 1 aromatic carbocycles. The summed E-state index contributed by atoms with van der Waals surface area (Å²) in [4.78, 5) is 11.0. The lowest BCUT2D eigenvalue weighted by atomic mass is 9.92. The van der Waals surface area contributed by atoms with E-state index in [1.54, 1.807) is 18.2 Å². The predicted molar refractivity (Wildman–Crippen MR) is 73.2 cm³/mol. The van der Waals surface area contributed by atoms with Crippen LogP contribution in [0.25, 0.3) is 0 Å². The monoisotopic (exact) mass is 278 g/mol. The van der Waals surface area contributed by atoms with Crippen LogP contribution in [-0.2, 0) is 4.79 Å². The molecule has 0 amide bonds. The molecule has 5 heteroatoms. The molecule has 0 unspecified atom stereocenters. The van der Waals surface area contributed by atoms with Crippen molar-refractivity contribution >= 4 is 23.3 Å². The molecule has 1 aliphatic rings. The van der Waals surface area contributed by atoms with Crippen molar-refractivity contribution in [3.05, 3.63) is 28.8 Å². The van der Waals surface area contributed by atoms with E-state index in [9.17, 15) is 4.79 Å². The number of rotatable bonds is 4. The summed E-state index contributed by atoms with van der Waals surface area (Å²) in [6, 6.07) is 7.25. The quantitative estimate of drug-likeness (QED) is 0.885. The molecule has 0 aromatic heterocycles. The van der Waals surface area contributed by atoms with Crippen molar-refractivity contribution in [1.82, 2.24) is 0 Å². The van der Waals surface area contributed by atoms with Gasteiger partial charge in [-0.1, -0.05) is 30.5 Å². The van der Waals surface area contributed by atoms with E-state index in [0.717, 1.165) is 25.7 Å². The minimum absolute atomic E-state index is 0.0599. The lowest BCUT2D eigenvalue weighted by Gasteiger charge is -2.30. The van der Waals surface area contributed by atoms with Crippen molar-refractivity contribution in [3.63, 3.8) is 0 Å². The maximum Gasteiger partial charge on any atom is 0.305 e. The standard InChI is InChI=1S/C14H15ClN2O2/c15-11-4-3-5-12(10(11)9-16)17-14(8-13(18)19)6-1-2-7-14/h3-5,17H,1-2,6-8H2,(H,18,19). The Morgan fingerprint density at radius 2 is 2.16 bits per heavy atom. The number of halogens is 1. The van der Waals surface area contributed by atoms with E-state index in [0.29, 0.717) is 16.3 Å². The largest absolute Gasteiger partial charge is 0.481 e. The van der Waals surface area contributed by atoms with Crippen LogP contribution in [0, 0.1) is 11.3 Å². The smallest absolute Gasteiger partial charge is 0.305 e. The fraction of sp³-hybridized carbons (Fsp3) is 0.429. The fourth-order valence-corrected chi connectivity index (χ4v) is 2.93. The molecule has 1 aliphatic carbocycles. The zero-order valence-corrected chi connectivity index (χ0v) is 11.2. The van der Waals surface area contributed by atoms with Gasteiger partial charge < -0.3 is 10.4 Å². The first-order valence-electron chi connectivity index (χ1n) is 6.25. The summed E-state index contributed by atoms with van der Waals surface area (Å²) in [5, 5.41) is 21.9. The van der Waals surface area contributed by atoms with E-state index in [4.69, 9.17) is 22.0 Å². The molecule has 2 rings (SSSR count). The van der Waals surface area contributed by atoms with Crippen LogP contribution in [0.2, 0.25) is 5.02 Å². The average molecular weight is 279 g/mol. The zero-order chi connectivity index (χ0) is 13.9. The molecular weight excluding hydrogens is 264 g/mol. The van der Waals surface area contributed by atoms with Crippen molar-refractivity contribution < 1.29 is 9.90 Å². The molecule has 0 aliphatic heterocycles. The van der Waals surface area contributed by atoms with Crippen LogP contribution in [0.5, 0.6) is 0 Å². The number of carbonyl (C=O) groups is 1. The minimum atomic E-state index is -0.824. The number of carboxylic acid groups (broad SMARTS) is 1. The van der Waals surface area contributed by atoms with Crippen molar-refractivity contribution in [2.75, 3.05) is 5.32 Å². The topological polar surface area (TPSA) is 73.1 Å². The number of benzene rings is 1. The van der Waals surface area contributed by atoms with E-state index in [1.165, 1.54) is 0 Å². The van der Waals surface area contributed by atoms with Crippen LogP contribution in [-0.4, -0.2) is 16.6 Å². The summed E-state index contributed by atoms with van der Waals surface area (Å²) in [5.41, 5.74) is 0.543. The molecular formula is C14H15ClN2O2. The first-order chi connectivity index (χ1) is 9.06. The maximum absolute atomic E-state index is 11.0. The number of carboxylic acids is 1. The van der Waals surface area contributed by atoms with Gasteiger partial charge in [-0.2, -0.15) is 5.26 Å². The predicted octanol–water partition coefficient (Wildman–Crippen LogP) is 3.41. The number of hydrogen-bond donors (Lipinski definition) is 2. The summed E-state index contributed by atoms with van der Waals surface area (Å²) in [7, 11) is 0. The molecule has 0 radical (unpaired) electrons. The van der Waals surface area contributed by atoms with Crippen LogP contribution in [0.15, 0.2) is 18.2 Å². The molecule has 19 heavy (non-hydrogen) atoms. The highest BCUT2D eigenvalue weighted by Gasteiger charge is 2.36. The molecule has 1 aromatic rings. The summed E-state index contributed by atoms with van der Waals surface area (Å²) in [6.07, 6.45) is 3.67. The number of nitrogens with zero attached hydrogens (tertiary/aromatic N) is 1. The third kappa shape index (κ3) is 2.99. The molecule has 0 spiro atoms. The second kappa shape index (κ2) is 5.50. The molecule has 100 valence electrons. The molecule has 0 heterocycles. The van der Waals surface area contributed by atoms with E-state index in [1.807, 2.05) is 0 Å². The molecule has 0 atom stereocenters. The second-order valence-corrected chi connectivity index (χ2v) is 5.36. The SMILES string of the molecule is N#Cc1c(Cl)cccc1NC1(CC(=O)O)CCCC1. The van der Waals surface area contributed by atoms with Crippen LogP contribution >= 0.6 is 11.6 Å². The van der Waals surface area contributed by atoms with Gasteiger partial charge in [-0.15, -0.1) is 0 Å². The van der Waals surface area contributed by atoms with Crippen LogP contribution in [0.4, 0.5) is 5.69 Å². The molecule has 0 bridgehead atoms. The van der Waals surface area contributed by atoms with Gasteiger partial charge in [-0.25, -0.2) is 0 Å². The summed E-state index contributed by atoms with van der Waals surface area (Å²) < 4.78 is 0. The second-order valence-electron chi connectivity index (χ2n) is 4.96. The van der Waals surface area contributed by atoms with Crippen molar-refractivity contribution in [3.8, 4) is 6.07 Å². The van der Waals surface area contributed by atoms with E-state index in [2.05, 4.69) is 11.4 Å². The van der Waals surface area contributed by atoms with Crippen LogP contribution < -0.4 is 5.32 Å². The Morgan fingerprint density at radius 3 is 2.74 bits per heavy atom. The van der Waals surface area contributed by atoms with Gasteiger partial charge >= 0.3 is 5.97 Å². The number of aliphatic carboxylic acids is 1. The van der Waals surface area contributed by atoms with Crippen molar-refractivity contribution in [2.24, 2.45) is 0 Å². The Balaban J connectivity index is 2.30. The van der Waals surface area contributed by atoms with Gasteiger partial charge in [-0.05, 0) is 25.0 Å². The van der Waals surface area contributed by atoms with Gasteiger partial charge in [0, 0.05) is 5.54 Å². The summed E-state index contributed by atoms with van der Waals surface area (Å²) >= 11 is 5.99. The first kappa shape index (κ1) is 13.7. The zero-order valence-electron chi connectivity index (χ0n) is 10.4. The third-order valence-electron chi connectivity index (χ3n) is 3.58. The third-order valence-corrected chi connectivity index (χ3v) is 3.89. The summed E-state index contributed by atoms with van der Waals surface area (Å²) in [5.74, 6) is -0.824. The Morgan fingerprint density at radius 1 is 1.47 bits per heavy atom. The molecule has 1 fully saturated rings. The van der Waals surface area contributed by atoms with Crippen LogP contribution in [0.1, 0.15) is 37.7 Å². The van der Waals surface area contributed by atoms with Gasteiger partial charge in [0.15, 0.2) is 0 Å². The Bertz CT molecular complexity index is 531. The number of anilines is 1. The van der Waals surface area contributed by atoms with Crippen molar-refractivity contribution in [2.45, 2.75) is 37.6 Å². The van der Waals surface area contributed by atoms with E-state index < -0.39 is 11.5 Å². The van der Waals surface area contributed by atoms with Gasteiger partial charge in [-0.3, -0.25) is 4.79 Å².